The Morgan fingerprint density at radius 2 is 1.33 bits per heavy atom. The summed E-state index contributed by atoms with van der Waals surface area (Å²) in [5.74, 6) is -0.223. The van der Waals surface area contributed by atoms with Gasteiger partial charge in [0.1, 0.15) is 12.2 Å². The highest BCUT2D eigenvalue weighted by Gasteiger charge is 2.21. The molecule has 0 atom stereocenters. The van der Waals surface area contributed by atoms with Gasteiger partial charge in [0.05, 0.1) is 6.61 Å². The van der Waals surface area contributed by atoms with Crippen molar-refractivity contribution in [3.8, 4) is 0 Å². The molecular formula is C18H34O3. The van der Waals surface area contributed by atoms with Gasteiger partial charge in [0.25, 0.3) is 0 Å². The van der Waals surface area contributed by atoms with Crippen LogP contribution in [-0.4, -0.2) is 18.4 Å². The normalized spacial score (nSPS) is 10.9. The van der Waals surface area contributed by atoms with Gasteiger partial charge in [-0.2, -0.15) is 0 Å². The van der Waals surface area contributed by atoms with Crippen molar-refractivity contribution >= 4 is 11.8 Å². The van der Waals surface area contributed by atoms with Crippen LogP contribution in [0.1, 0.15) is 91.4 Å². The van der Waals surface area contributed by atoms with Crippen LogP contribution in [0.5, 0.6) is 0 Å². The van der Waals surface area contributed by atoms with E-state index < -0.39 is 0 Å². The zero-order valence-electron chi connectivity index (χ0n) is 14.3. The van der Waals surface area contributed by atoms with E-state index in [1.807, 2.05) is 0 Å². The molecule has 0 N–H and O–H groups in total. The fourth-order valence-corrected chi connectivity index (χ4v) is 2.60. The van der Waals surface area contributed by atoms with Gasteiger partial charge < -0.3 is 4.74 Å². The molecule has 21 heavy (non-hydrogen) atoms. The number of ether oxygens (including phenoxy) is 1. The first kappa shape index (κ1) is 20.1. The minimum Gasteiger partial charge on any atom is -0.466 e. The molecule has 0 bridgehead atoms. The molecule has 0 saturated heterocycles. The molecule has 0 aromatic heterocycles. The number of ketones is 1. The van der Waals surface area contributed by atoms with Crippen LogP contribution in [-0.2, 0) is 14.3 Å². The number of unbranched alkanes of at least 4 members (excludes halogenated alkanes) is 6. The SMILES string of the molecule is CCCCCCC(CCCCCC)C(=O)CC(=O)OCC. The number of esters is 1. The van der Waals surface area contributed by atoms with Gasteiger partial charge in [0, 0.05) is 5.92 Å². The average molecular weight is 298 g/mol. The van der Waals surface area contributed by atoms with Crippen LogP contribution >= 0.6 is 0 Å². The lowest BCUT2D eigenvalue weighted by molar-refractivity contribution is -0.146. The molecule has 0 unspecified atom stereocenters. The fourth-order valence-electron chi connectivity index (χ4n) is 2.60. The van der Waals surface area contributed by atoms with Crippen LogP contribution in [0.3, 0.4) is 0 Å². The van der Waals surface area contributed by atoms with E-state index in [2.05, 4.69) is 13.8 Å². The Balaban J connectivity index is 4.19. The molecule has 0 heterocycles. The van der Waals surface area contributed by atoms with Crippen LogP contribution in [0.4, 0.5) is 0 Å². The van der Waals surface area contributed by atoms with E-state index in [0.717, 1.165) is 25.7 Å². The largest absolute Gasteiger partial charge is 0.466 e. The molecule has 0 aromatic rings. The summed E-state index contributed by atoms with van der Waals surface area (Å²) in [7, 11) is 0. The summed E-state index contributed by atoms with van der Waals surface area (Å²) in [6, 6.07) is 0. The maximum Gasteiger partial charge on any atom is 0.313 e. The molecule has 0 fully saturated rings. The Morgan fingerprint density at radius 3 is 1.76 bits per heavy atom. The summed E-state index contributed by atoms with van der Waals surface area (Å²) in [5.41, 5.74) is 0. The topological polar surface area (TPSA) is 43.4 Å². The van der Waals surface area contributed by atoms with Gasteiger partial charge in [-0.15, -0.1) is 0 Å². The third kappa shape index (κ3) is 11.5. The molecule has 3 nitrogen and oxygen atoms in total. The molecule has 3 heteroatoms. The van der Waals surface area contributed by atoms with E-state index in [9.17, 15) is 9.59 Å². The van der Waals surface area contributed by atoms with Crippen molar-refractivity contribution in [2.75, 3.05) is 6.61 Å². The van der Waals surface area contributed by atoms with Crippen LogP contribution in [0.15, 0.2) is 0 Å². The fraction of sp³-hybridized carbons (Fsp3) is 0.889. The van der Waals surface area contributed by atoms with Crippen molar-refractivity contribution in [2.24, 2.45) is 5.92 Å². The summed E-state index contributed by atoms with van der Waals surface area (Å²) in [6.07, 6.45) is 11.3. The first-order valence-corrected chi connectivity index (χ1v) is 8.83. The van der Waals surface area contributed by atoms with E-state index in [-0.39, 0.29) is 24.1 Å². The van der Waals surface area contributed by atoms with Crippen LogP contribution in [0.2, 0.25) is 0 Å². The highest BCUT2D eigenvalue weighted by Crippen LogP contribution is 2.20. The number of Topliss-reactive ketones (excluding diaryl/α,β-unsaturated/α-hetero) is 1. The van der Waals surface area contributed by atoms with Gasteiger partial charge in [-0.1, -0.05) is 65.2 Å². The number of carbonyl (C=O) groups excluding carboxylic acids is 2. The van der Waals surface area contributed by atoms with Crippen molar-refractivity contribution in [1.82, 2.24) is 0 Å². The molecule has 0 aliphatic rings. The Labute approximate surface area is 130 Å². The van der Waals surface area contributed by atoms with Crippen molar-refractivity contribution in [3.63, 3.8) is 0 Å². The lowest BCUT2D eigenvalue weighted by Crippen LogP contribution is -2.20. The molecule has 0 radical (unpaired) electrons. The smallest absolute Gasteiger partial charge is 0.313 e. The van der Waals surface area contributed by atoms with Crippen molar-refractivity contribution in [2.45, 2.75) is 91.4 Å². The van der Waals surface area contributed by atoms with Crippen molar-refractivity contribution in [1.29, 1.82) is 0 Å². The standard InChI is InChI=1S/C18H34O3/c1-4-7-9-11-13-16(14-12-10-8-5-2)17(19)15-18(20)21-6-3/h16H,4-15H2,1-3H3. The minimum absolute atomic E-state index is 0.0416. The molecule has 0 amide bonds. The number of hydrogen-bond donors (Lipinski definition) is 0. The summed E-state index contributed by atoms with van der Waals surface area (Å²) in [4.78, 5) is 23.7. The summed E-state index contributed by atoms with van der Waals surface area (Å²) < 4.78 is 4.89. The zero-order chi connectivity index (χ0) is 15.9. The Kier molecular flexibility index (Phi) is 13.5. The molecule has 0 aromatic carbocycles. The third-order valence-corrected chi connectivity index (χ3v) is 3.89. The van der Waals surface area contributed by atoms with E-state index in [4.69, 9.17) is 4.74 Å². The van der Waals surface area contributed by atoms with Crippen molar-refractivity contribution < 1.29 is 14.3 Å². The van der Waals surface area contributed by atoms with Gasteiger partial charge in [-0.05, 0) is 19.8 Å². The summed E-state index contributed by atoms with van der Waals surface area (Å²) in [6.45, 7) is 6.50. The average Bonchev–Trinajstić information content (AvgIpc) is 2.45. The van der Waals surface area contributed by atoms with Gasteiger partial charge in [-0.3, -0.25) is 9.59 Å². The van der Waals surface area contributed by atoms with E-state index >= 15 is 0 Å². The predicted molar refractivity (Wildman–Crippen MR) is 87.3 cm³/mol. The van der Waals surface area contributed by atoms with Crippen LogP contribution in [0, 0.1) is 5.92 Å². The van der Waals surface area contributed by atoms with E-state index in [1.54, 1.807) is 6.92 Å². The summed E-state index contributed by atoms with van der Waals surface area (Å²) in [5, 5.41) is 0. The molecule has 124 valence electrons. The second-order valence-electron chi connectivity index (χ2n) is 5.84. The molecule has 0 saturated carbocycles. The van der Waals surface area contributed by atoms with Crippen molar-refractivity contribution in [3.05, 3.63) is 0 Å². The highest BCUT2D eigenvalue weighted by molar-refractivity contribution is 5.96. The lowest BCUT2D eigenvalue weighted by Gasteiger charge is -2.15. The second kappa shape index (κ2) is 14.1. The zero-order valence-corrected chi connectivity index (χ0v) is 14.3. The maximum atomic E-state index is 12.3. The van der Waals surface area contributed by atoms with Gasteiger partial charge >= 0.3 is 5.97 Å². The first-order valence-electron chi connectivity index (χ1n) is 8.83. The van der Waals surface area contributed by atoms with Crippen LogP contribution in [0.25, 0.3) is 0 Å². The van der Waals surface area contributed by atoms with E-state index in [0.29, 0.717) is 6.61 Å². The maximum absolute atomic E-state index is 12.3. The number of hydrogen-bond acceptors (Lipinski definition) is 3. The molecular weight excluding hydrogens is 264 g/mol. The monoisotopic (exact) mass is 298 g/mol. The third-order valence-electron chi connectivity index (χ3n) is 3.89. The molecule has 0 spiro atoms. The van der Waals surface area contributed by atoms with Gasteiger partial charge in [0.15, 0.2) is 0 Å². The van der Waals surface area contributed by atoms with Gasteiger partial charge in [-0.25, -0.2) is 0 Å². The summed E-state index contributed by atoms with van der Waals surface area (Å²) >= 11 is 0. The Hall–Kier alpha value is -0.860. The first-order chi connectivity index (χ1) is 10.2. The van der Waals surface area contributed by atoms with Gasteiger partial charge in [0.2, 0.25) is 0 Å². The molecule has 0 aliphatic heterocycles. The minimum atomic E-state index is -0.366. The highest BCUT2D eigenvalue weighted by atomic mass is 16.5. The quantitative estimate of drug-likeness (QED) is 0.255. The Morgan fingerprint density at radius 1 is 0.810 bits per heavy atom. The van der Waals surface area contributed by atoms with E-state index in [1.165, 1.54) is 38.5 Å². The predicted octanol–water partition coefficient (Wildman–Crippen LogP) is 5.07. The Bertz CT molecular complexity index is 262. The number of rotatable bonds is 14. The molecule has 0 aliphatic carbocycles. The lowest BCUT2D eigenvalue weighted by atomic mass is 9.89. The number of carbonyl (C=O) groups is 2. The molecule has 0 rings (SSSR count). The second-order valence-corrected chi connectivity index (χ2v) is 5.84. The van der Waals surface area contributed by atoms with Crippen LogP contribution < -0.4 is 0 Å².